The first kappa shape index (κ1) is 14.8. The summed E-state index contributed by atoms with van der Waals surface area (Å²) in [6.45, 7) is 0.395. The van der Waals surface area contributed by atoms with Gasteiger partial charge in [-0.15, -0.1) is 0 Å². The highest BCUT2D eigenvalue weighted by molar-refractivity contribution is 9.10. The van der Waals surface area contributed by atoms with Gasteiger partial charge in [0.1, 0.15) is 17.9 Å². The molecule has 0 aliphatic rings. The summed E-state index contributed by atoms with van der Waals surface area (Å²) in [5.41, 5.74) is 3.16. The zero-order valence-electron chi connectivity index (χ0n) is 12.5. The van der Waals surface area contributed by atoms with Crippen molar-refractivity contribution in [2.45, 2.75) is 6.61 Å². The third-order valence-corrected chi connectivity index (χ3v) is 3.91. The van der Waals surface area contributed by atoms with Gasteiger partial charge >= 0.3 is 0 Å². The molecular weight excluding hydrogens is 370 g/mol. The van der Waals surface area contributed by atoms with Gasteiger partial charge < -0.3 is 9.15 Å². The van der Waals surface area contributed by atoms with Crippen molar-refractivity contribution in [3.8, 4) is 17.2 Å². The van der Waals surface area contributed by atoms with Crippen molar-refractivity contribution in [3.63, 3.8) is 0 Å². The van der Waals surface area contributed by atoms with Gasteiger partial charge in [-0.1, -0.05) is 0 Å². The fraction of sp³-hybridized carbons (Fsp3) is 0.0556. The lowest BCUT2D eigenvalue weighted by atomic mass is 10.3. The van der Waals surface area contributed by atoms with Gasteiger partial charge in [0, 0.05) is 29.1 Å². The van der Waals surface area contributed by atoms with Crippen LogP contribution in [0.2, 0.25) is 0 Å². The lowest BCUT2D eigenvalue weighted by Crippen LogP contribution is -1.97. The highest BCUT2D eigenvalue weighted by atomic mass is 79.9. The first-order valence-electron chi connectivity index (χ1n) is 7.32. The van der Waals surface area contributed by atoms with Gasteiger partial charge in [-0.25, -0.2) is 4.98 Å². The number of hydrogen-bond acceptors (Lipinski definition) is 5. The van der Waals surface area contributed by atoms with Crippen LogP contribution in [0.1, 0.15) is 5.69 Å². The van der Waals surface area contributed by atoms with Gasteiger partial charge in [-0.3, -0.25) is 9.97 Å². The van der Waals surface area contributed by atoms with E-state index in [-0.39, 0.29) is 0 Å². The van der Waals surface area contributed by atoms with E-state index in [9.17, 15) is 0 Å². The SMILES string of the molecule is Brc1ccc(COc2ccc3oc(-c4cccnc4)nc3c2)nc1. The predicted octanol–water partition coefficient (Wildman–Crippen LogP) is 4.63. The van der Waals surface area contributed by atoms with Crippen molar-refractivity contribution < 1.29 is 9.15 Å². The van der Waals surface area contributed by atoms with Crippen LogP contribution < -0.4 is 4.74 Å². The molecule has 0 amide bonds. The lowest BCUT2D eigenvalue weighted by molar-refractivity contribution is 0.301. The molecule has 0 aliphatic carbocycles. The Labute approximate surface area is 146 Å². The smallest absolute Gasteiger partial charge is 0.228 e. The van der Waals surface area contributed by atoms with Crippen LogP contribution in [0, 0.1) is 0 Å². The number of rotatable bonds is 4. The Morgan fingerprint density at radius 1 is 1.08 bits per heavy atom. The lowest BCUT2D eigenvalue weighted by Gasteiger charge is -2.05. The largest absolute Gasteiger partial charge is 0.487 e. The fourth-order valence-electron chi connectivity index (χ4n) is 2.26. The first-order valence-corrected chi connectivity index (χ1v) is 8.11. The van der Waals surface area contributed by atoms with E-state index in [2.05, 4.69) is 30.9 Å². The van der Waals surface area contributed by atoms with Crippen LogP contribution in [-0.2, 0) is 6.61 Å². The summed E-state index contributed by atoms with van der Waals surface area (Å²) in [4.78, 5) is 12.9. The van der Waals surface area contributed by atoms with Crippen LogP contribution in [0.4, 0.5) is 0 Å². The topological polar surface area (TPSA) is 61.0 Å². The molecule has 3 aromatic heterocycles. The summed E-state index contributed by atoms with van der Waals surface area (Å²) in [5, 5.41) is 0. The Hall–Kier alpha value is -2.73. The molecule has 0 radical (unpaired) electrons. The minimum Gasteiger partial charge on any atom is -0.487 e. The van der Waals surface area contributed by atoms with Gasteiger partial charge in [0.15, 0.2) is 5.58 Å². The summed E-state index contributed by atoms with van der Waals surface area (Å²) < 4.78 is 12.5. The minimum atomic E-state index is 0.395. The third kappa shape index (κ3) is 3.14. The van der Waals surface area contributed by atoms with Crippen LogP contribution in [-0.4, -0.2) is 15.0 Å². The third-order valence-electron chi connectivity index (χ3n) is 3.44. The molecule has 0 N–H and O–H groups in total. The van der Waals surface area contributed by atoms with Crippen molar-refractivity contribution >= 4 is 27.0 Å². The molecular formula is C18H12BrN3O2. The molecule has 0 spiro atoms. The average Bonchev–Trinajstić information content (AvgIpc) is 3.05. The Morgan fingerprint density at radius 2 is 2.04 bits per heavy atom. The van der Waals surface area contributed by atoms with Crippen molar-refractivity contribution in [2.75, 3.05) is 0 Å². The molecule has 0 saturated heterocycles. The Kier molecular flexibility index (Phi) is 3.96. The molecule has 0 aliphatic heterocycles. The number of pyridine rings is 2. The molecule has 3 heterocycles. The highest BCUT2D eigenvalue weighted by Gasteiger charge is 2.09. The van der Waals surface area contributed by atoms with Crippen molar-refractivity contribution in [1.29, 1.82) is 0 Å². The summed E-state index contributed by atoms with van der Waals surface area (Å²) in [6.07, 6.45) is 5.19. The molecule has 1 aromatic carbocycles. The number of hydrogen-bond donors (Lipinski definition) is 0. The van der Waals surface area contributed by atoms with E-state index >= 15 is 0 Å². The quantitative estimate of drug-likeness (QED) is 0.515. The zero-order chi connectivity index (χ0) is 16.4. The van der Waals surface area contributed by atoms with Crippen LogP contribution in [0.3, 0.4) is 0 Å². The number of ether oxygens (including phenoxy) is 1. The van der Waals surface area contributed by atoms with Crippen LogP contribution >= 0.6 is 15.9 Å². The molecule has 118 valence electrons. The molecule has 6 heteroatoms. The number of aromatic nitrogens is 3. The van der Waals surface area contributed by atoms with E-state index in [0.717, 1.165) is 27.0 Å². The van der Waals surface area contributed by atoms with Gasteiger partial charge in [0.25, 0.3) is 0 Å². The number of nitrogens with zero attached hydrogens (tertiary/aromatic N) is 3. The number of benzene rings is 1. The Morgan fingerprint density at radius 3 is 2.83 bits per heavy atom. The number of fused-ring (bicyclic) bond motifs is 1. The maximum absolute atomic E-state index is 5.78. The summed E-state index contributed by atoms with van der Waals surface area (Å²) in [7, 11) is 0. The molecule has 5 nitrogen and oxygen atoms in total. The molecule has 0 fully saturated rings. The fourth-order valence-corrected chi connectivity index (χ4v) is 2.49. The molecule has 4 rings (SSSR count). The monoisotopic (exact) mass is 381 g/mol. The summed E-state index contributed by atoms with van der Waals surface area (Å²) >= 11 is 3.36. The van der Waals surface area contributed by atoms with Crippen LogP contribution in [0.15, 0.2) is 69.9 Å². The maximum Gasteiger partial charge on any atom is 0.228 e. The minimum absolute atomic E-state index is 0.395. The van der Waals surface area contributed by atoms with Crippen molar-refractivity contribution in [3.05, 3.63) is 71.2 Å². The Balaban J connectivity index is 1.55. The number of halogens is 1. The zero-order valence-corrected chi connectivity index (χ0v) is 14.1. The van der Waals surface area contributed by atoms with E-state index in [1.54, 1.807) is 18.6 Å². The normalized spacial score (nSPS) is 10.9. The first-order chi connectivity index (χ1) is 11.8. The van der Waals surface area contributed by atoms with Crippen molar-refractivity contribution in [1.82, 2.24) is 15.0 Å². The molecule has 24 heavy (non-hydrogen) atoms. The molecule has 0 bridgehead atoms. The van der Waals surface area contributed by atoms with Crippen LogP contribution in [0.5, 0.6) is 5.75 Å². The second-order valence-electron chi connectivity index (χ2n) is 5.15. The Bertz CT molecular complexity index is 969. The van der Waals surface area contributed by atoms with Gasteiger partial charge in [0.2, 0.25) is 5.89 Å². The van der Waals surface area contributed by atoms with E-state index in [1.165, 1.54) is 0 Å². The van der Waals surface area contributed by atoms with Gasteiger partial charge in [-0.05, 0) is 52.3 Å². The highest BCUT2D eigenvalue weighted by Crippen LogP contribution is 2.26. The second-order valence-corrected chi connectivity index (χ2v) is 6.06. The molecule has 0 saturated carbocycles. The second kappa shape index (κ2) is 6.41. The van der Waals surface area contributed by atoms with Crippen LogP contribution in [0.25, 0.3) is 22.6 Å². The van der Waals surface area contributed by atoms with Gasteiger partial charge in [-0.2, -0.15) is 0 Å². The van der Waals surface area contributed by atoms with E-state index in [0.29, 0.717) is 18.1 Å². The van der Waals surface area contributed by atoms with Crippen molar-refractivity contribution in [2.24, 2.45) is 0 Å². The average molecular weight is 382 g/mol. The van der Waals surface area contributed by atoms with Gasteiger partial charge in [0.05, 0.1) is 11.3 Å². The summed E-state index contributed by atoms with van der Waals surface area (Å²) in [5.74, 6) is 1.27. The molecule has 4 aromatic rings. The standard InChI is InChI=1S/C18H12BrN3O2/c19-13-3-4-14(21-10-13)11-23-15-5-6-17-16(8-15)22-18(24-17)12-2-1-7-20-9-12/h1-10H,11H2. The van der Waals surface area contributed by atoms with E-state index in [4.69, 9.17) is 9.15 Å². The molecule has 0 unspecified atom stereocenters. The number of oxazole rings is 1. The summed E-state index contributed by atoms with van der Waals surface area (Å²) in [6, 6.07) is 13.2. The van der Waals surface area contributed by atoms with E-state index in [1.807, 2.05) is 42.5 Å². The molecule has 0 atom stereocenters. The van der Waals surface area contributed by atoms with E-state index < -0.39 is 0 Å². The predicted molar refractivity (Wildman–Crippen MR) is 93.5 cm³/mol. The maximum atomic E-state index is 5.78.